The minimum atomic E-state index is -0.132. The first-order chi connectivity index (χ1) is 7.67. The molecule has 0 spiro atoms. The Morgan fingerprint density at radius 3 is 2.81 bits per heavy atom. The van der Waals surface area contributed by atoms with Crippen LogP contribution in [0.1, 0.15) is 34.6 Å². The van der Waals surface area contributed by atoms with Gasteiger partial charge in [0.15, 0.2) is 0 Å². The van der Waals surface area contributed by atoms with E-state index < -0.39 is 0 Å². The Morgan fingerprint density at radius 2 is 2.38 bits per heavy atom. The zero-order valence-electron chi connectivity index (χ0n) is 9.19. The van der Waals surface area contributed by atoms with E-state index >= 15 is 0 Å². The Labute approximate surface area is 98.0 Å². The van der Waals surface area contributed by atoms with Gasteiger partial charge in [-0.3, -0.25) is 4.79 Å². The van der Waals surface area contributed by atoms with Gasteiger partial charge in [0.05, 0.1) is 12.3 Å². The molecule has 1 saturated carbocycles. The van der Waals surface area contributed by atoms with Crippen molar-refractivity contribution in [1.29, 1.82) is 0 Å². The maximum atomic E-state index is 11.8. The van der Waals surface area contributed by atoms with Crippen LogP contribution in [0.15, 0.2) is 0 Å². The minimum Gasteiger partial charge on any atom is -0.396 e. The summed E-state index contributed by atoms with van der Waals surface area (Å²) in [6.07, 6.45) is 3.12. The van der Waals surface area contributed by atoms with Crippen LogP contribution in [0.2, 0.25) is 0 Å². The van der Waals surface area contributed by atoms with E-state index in [9.17, 15) is 9.90 Å². The summed E-state index contributed by atoms with van der Waals surface area (Å²) in [5.74, 6) is -0.132. The SMILES string of the molecule is Cc1nnsc1C(=O)NCC1(CO)CCC1. The number of nitrogens with one attached hydrogen (secondary N) is 1. The van der Waals surface area contributed by atoms with Gasteiger partial charge < -0.3 is 10.4 Å². The molecule has 0 aromatic carbocycles. The van der Waals surface area contributed by atoms with Crippen LogP contribution in [-0.4, -0.2) is 33.8 Å². The molecule has 0 unspecified atom stereocenters. The molecule has 88 valence electrons. The van der Waals surface area contributed by atoms with Crippen LogP contribution in [0.25, 0.3) is 0 Å². The summed E-state index contributed by atoms with van der Waals surface area (Å²) in [4.78, 5) is 12.3. The van der Waals surface area contributed by atoms with Gasteiger partial charge in [-0.2, -0.15) is 0 Å². The van der Waals surface area contributed by atoms with Crippen LogP contribution in [-0.2, 0) is 0 Å². The zero-order valence-corrected chi connectivity index (χ0v) is 10.0. The predicted molar refractivity (Wildman–Crippen MR) is 60.3 cm³/mol. The van der Waals surface area contributed by atoms with Gasteiger partial charge in [-0.25, -0.2) is 0 Å². The Hall–Kier alpha value is -1.01. The summed E-state index contributed by atoms with van der Waals surface area (Å²) >= 11 is 1.11. The molecule has 1 heterocycles. The standard InChI is InChI=1S/C10H15N3O2S/c1-7-8(16-13-12-7)9(15)11-5-10(6-14)3-2-4-10/h14H,2-6H2,1H3,(H,11,15). The van der Waals surface area contributed by atoms with E-state index in [1.54, 1.807) is 6.92 Å². The molecule has 0 saturated heterocycles. The van der Waals surface area contributed by atoms with Crippen molar-refractivity contribution in [3.05, 3.63) is 10.6 Å². The highest BCUT2D eigenvalue weighted by Gasteiger charge is 2.36. The molecule has 0 bridgehead atoms. The average molecular weight is 241 g/mol. The van der Waals surface area contributed by atoms with Crippen molar-refractivity contribution in [2.45, 2.75) is 26.2 Å². The smallest absolute Gasteiger partial charge is 0.264 e. The zero-order chi connectivity index (χ0) is 11.6. The molecule has 1 aliphatic rings. The molecule has 1 aliphatic carbocycles. The average Bonchev–Trinajstić information content (AvgIpc) is 2.63. The third-order valence-electron chi connectivity index (χ3n) is 3.23. The predicted octanol–water partition coefficient (Wildman–Crippen LogP) is 0.739. The van der Waals surface area contributed by atoms with Gasteiger partial charge in [0.2, 0.25) is 0 Å². The van der Waals surface area contributed by atoms with E-state index in [-0.39, 0.29) is 17.9 Å². The van der Waals surface area contributed by atoms with Crippen LogP contribution >= 0.6 is 11.5 Å². The number of nitrogens with zero attached hydrogens (tertiary/aromatic N) is 2. The number of aryl methyl sites for hydroxylation is 1. The molecule has 0 aliphatic heterocycles. The van der Waals surface area contributed by atoms with Crippen molar-refractivity contribution in [1.82, 2.24) is 14.9 Å². The molecule has 2 N–H and O–H groups in total. The highest BCUT2D eigenvalue weighted by atomic mass is 32.1. The molecule has 1 aromatic heterocycles. The molecule has 16 heavy (non-hydrogen) atoms. The highest BCUT2D eigenvalue weighted by molar-refractivity contribution is 7.07. The maximum absolute atomic E-state index is 11.8. The van der Waals surface area contributed by atoms with Crippen LogP contribution in [0, 0.1) is 12.3 Å². The van der Waals surface area contributed by atoms with E-state index in [2.05, 4.69) is 14.9 Å². The van der Waals surface area contributed by atoms with Crippen molar-refractivity contribution >= 4 is 17.4 Å². The molecule has 1 fully saturated rings. The number of carbonyl (C=O) groups is 1. The summed E-state index contributed by atoms with van der Waals surface area (Å²) in [6.45, 7) is 2.45. The lowest BCUT2D eigenvalue weighted by atomic mass is 9.69. The number of amides is 1. The van der Waals surface area contributed by atoms with Crippen LogP contribution in [0.5, 0.6) is 0 Å². The number of hydrogen-bond donors (Lipinski definition) is 2. The van der Waals surface area contributed by atoms with Gasteiger partial charge in [0.25, 0.3) is 5.91 Å². The second-order valence-electron chi connectivity index (χ2n) is 4.38. The fraction of sp³-hybridized carbons (Fsp3) is 0.700. The maximum Gasteiger partial charge on any atom is 0.264 e. The van der Waals surface area contributed by atoms with Crippen molar-refractivity contribution in [3.8, 4) is 0 Å². The molecule has 0 radical (unpaired) electrons. The summed E-state index contributed by atoms with van der Waals surface area (Å²) in [6, 6.07) is 0. The summed E-state index contributed by atoms with van der Waals surface area (Å²) in [7, 11) is 0. The number of hydrogen-bond acceptors (Lipinski definition) is 5. The van der Waals surface area contributed by atoms with E-state index in [0.717, 1.165) is 30.8 Å². The van der Waals surface area contributed by atoms with Gasteiger partial charge in [-0.1, -0.05) is 10.9 Å². The normalized spacial score (nSPS) is 17.9. The van der Waals surface area contributed by atoms with Crippen LogP contribution < -0.4 is 5.32 Å². The second kappa shape index (κ2) is 4.47. The number of aliphatic hydroxyl groups excluding tert-OH is 1. The molecular weight excluding hydrogens is 226 g/mol. The molecule has 0 atom stereocenters. The topological polar surface area (TPSA) is 75.1 Å². The Balaban J connectivity index is 1.91. The quantitative estimate of drug-likeness (QED) is 0.815. The van der Waals surface area contributed by atoms with E-state index in [4.69, 9.17) is 0 Å². The lowest BCUT2D eigenvalue weighted by Crippen LogP contribution is -2.44. The lowest BCUT2D eigenvalue weighted by molar-refractivity contribution is 0.0429. The summed E-state index contributed by atoms with van der Waals surface area (Å²) in [5.41, 5.74) is 0.580. The number of carbonyl (C=O) groups excluding carboxylic acids is 1. The van der Waals surface area contributed by atoms with Gasteiger partial charge in [0, 0.05) is 12.0 Å². The van der Waals surface area contributed by atoms with Crippen LogP contribution in [0.3, 0.4) is 0 Å². The van der Waals surface area contributed by atoms with E-state index in [0.29, 0.717) is 17.1 Å². The Kier molecular flexibility index (Phi) is 3.20. The van der Waals surface area contributed by atoms with Crippen molar-refractivity contribution < 1.29 is 9.90 Å². The number of aromatic nitrogens is 2. The first kappa shape index (κ1) is 11.5. The lowest BCUT2D eigenvalue weighted by Gasteiger charge is -2.40. The van der Waals surface area contributed by atoms with Gasteiger partial charge in [-0.05, 0) is 31.3 Å². The number of aliphatic hydroxyl groups is 1. The third-order valence-corrected chi connectivity index (χ3v) is 4.06. The fourth-order valence-corrected chi connectivity index (χ4v) is 2.43. The van der Waals surface area contributed by atoms with E-state index in [1.807, 2.05) is 0 Å². The molecule has 5 nitrogen and oxygen atoms in total. The number of rotatable bonds is 4. The monoisotopic (exact) mass is 241 g/mol. The Morgan fingerprint density at radius 1 is 1.62 bits per heavy atom. The first-order valence-corrected chi connectivity index (χ1v) is 6.12. The molecule has 1 aromatic rings. The first-order valence-electron chi connectivity index (χ1n) is 5.35. The van der Waals surface area contributed by atoms with Crippen molar-refractivity contribution in [2.24, 2.45) is 5.41 Å². The highest BCUT2D eigenvalue weighted by Crippen LogP contribution is 2.39. The summed E-state index contributed by atoms with van der Waals surface area (Å²) < 4.78 is 3.72. The molecular formula is C10H15N3O2S. The van der Waals surface area contributed by atoms with Crippen LogP contribution in [0.4, 0.5) is 0 Å². The molecule has 1 amide bonds. The van der Waals surface area contributed by atoms with Crippen molar-refractivity contribution in [3.63, 3.8) is 0 Å². The molecule has 2 rings (SSSR count). The van der Waals surface area contributed by atoms with Gasteiger partial charge >= 0.3 is 0 Å². The fourth-order valence-electron chi connectivity index (χ4n) is 1.86. The summed E-state index contributed by atoms with van der Waals surface area (Å²) in [5, 5.41) is 15.9. The second-order valence-corrected chi connectivity index (χ2v) is 5.14. The molecule has 6 heteroatoms. The van der Waals surface area contributed by atoms with Gasteiger partial charge in [-0.15, -0.1) is 5.10 Å². The van der Waals surface area contributed by atoms with Gasteiger partial charge in [0.1, 0.15) is 4.88 Å². The largest absolute Gasteiger partial charge is 0.396 e. The Bertz CT molecular complexity index is 382. The minimum absolute atomic E-state index is 0.0817. The van der Waals surface area contributed by atoms with Crippen molar-refractivity contribution in [2.75, 3.05) is 13.2 Å². The third kappa shape index (κ3) is 2.08. The van der Waals surface area contributed by atoms with E-state index in [1.165, 1.54) is 0 Å².